The summed E-state index contributed by atoms with van der Waals surface area (Å²) in [7, 11) is 1.80. The largest absolute Gasteiger partial charge is 0.352 e. The van der Waals surface area contributed by atoms with E-state index in [4.69, 9.17) is 0 Å². The Kier molecular flexibility index (Phi) is 9.26. The van der Waals surface area contributed by atoms with Gasteiger partial charge in [-0.1, -0.05) is 29.4 Å². The van der Waals surface area contributed by atoms with Crippen molar-refractivity contribution in [3.63, 3.8) is 0 Å². The third-order valence-electron chi connectivity index (χ3n) is 3.36. The van der Waals surface area contributed by atoms with E-state index in [9.17, 15) is 0 Å². The van der Waals surface area contributed by atoms with Gasteiger partial charge in [0.15, 0.2) is 5.96 Å². The van der Waals surface area contributed by atoms with Crippen LogP contribution in [0.25, 0.3) is 0 Å². The van der Waals surface area contributed by atoms with Gasteiger partial charge >= 0.3 is 0 Å². The predicted molar refractivity (Wildman–Crippen MR) is 97.6 cm³/mol. The Labute approximate surface area is 142 Å². The summed E-state index contributed by atoms with van der Waals surface area (Å²) in [6.07, 6.45) is 0. The van der Waals surface area contributed by atoms with E-state index >= 15 is 0 Å². The monoisotopic (exact) mass is 444 g/mol. The Bertz CT molecular complexity index is 320. The summed E-state index contributed by atoms with van der Waals surface area (Å²) in [5.41, 5.74) is 0. The number of hydrogen-bond acceptors (Lipinski definition) is 2. The molecule has 0 radical (unpaired) electrons. The first-order valence-electron chi connectivity index (χ1n) is 6.48. The lowest BCUT2D eigenvalue weighted by molar-refractivity contribution is 0.265. The number of nitrogens with one attached hydrogen (secondary N) is 2. The summed E-state index contributed by atoms with van der Waals surface area (Å²) in [5, 5.41) is 6.73. The second-order valence-electron chi connectivity index (χ2n) is 5.22. The van der Waals surface area contributed by atoms with E-state index in [0.717, 1.165) is 23.5 Å². The van der Waals surface area contributed by atoms with E-state index in [2.05, 4.69) is 63.8 Å². The number of rotatable bonds is 4. The van der Waals surface area contributed by atoms with Crippen LogP contribution >= 0.6 is 39.9 Å². The average Bonchev–Trinajstić information content (AvgIpc) is 2.66. The molecule has 2 N–H and O–H groups in total. The van der Waals surface area contributed by atoms with Gasteiger partial charge in [0.2, 0.25) is 0 Å². The summed E-state index contributed by atoms with van der Waals surface area (Å²) in [4.78, 5) is 6.74. The lowest BCUT2D eigenvalue weighted by Gasteiger charge is -2.21. The molecule has 0 amide bonds. The van der Waals surface area contributed by atoms with Crippen molar-refractivity contribution >= 4 is 45.9 Å². The first kappa shape index (κ1) is 19.2. The van der Waals surface area contributed by atoms with Crippen LogP contribution in [0.2, 0.25) is 0 Å². The molecule has 19 heavy (non-hydrogen) atoms. The first-order chi connectivity index (χ1) is 8.43. The minimum absolute atomic E-state index is 0. The lowest BCUT2D eigenvalue weighted by Crippen LogP contribution is -2.47. The quantitative estimate of drug-likeness (QED) is 0.397. The molecule has 1 heterocycles. The molecule has 0 bridgehead atoms. The molecule has 0 aromatic carbocycles. The highest BCUT2D eigenvalue weighted by Crippen LogP contribution is 2.18. The van der Waals surface area contributed by atoms with Gasteiger partial charge in [-0.15, -0.1) is 24.0 Å². The molecule has 0 aromatic rings. The molecule has 112 valence electrons. The lowest BCUT2D eigenvalue weighted by atomic mass is 10.1. The van der Waals surface area contributed by atoms with E-state index in [1.807, 2.05) is 0 Å². The molecule has 0 aliphatic carbocycles. The molecule has 2 atom stereocenters. The van der Waals surface area contributed by atoms with E-state index in [1.54, 1.807) is 7.05 Å². The summed E-state index contributed by atoms with van der Waals surface area (Å²) >= 11 is 3.34. The molecule has 0 spiro atoms. The minimum Gasteiger partial charge on any atom is -0.352 e. The second-order valence-corrected chi connectivity index (χ2v) is 6.34. The Morgan fingerprint density at radius 2 is 2.11 bits per heavy atom. The molecular weight excluding hydrogens is 419 g/mol. The van der Waals surface area contributed by atoms with Gasteiger partial charge in [-0.05, 0) is 19.8 Å². The van der Waals surface area contributed by atoms with Crippen LogP contribution in [-0.2, 0) is 0 Å². The zero-order valence-corrected chi connectivity index (χ0v) is 16.2. The SMILES string of the molecule is C=C(Br)CNC(=NC)NC1CN(C(C)C)CC1C.I. The maximum Gasteiger partial charge on any atom is 0.191 e. The normalized spacial score (nSPS) is 24.2. The molecule has 0 aromatic heterocycles. The second kappa shape index (κ2) is 9.18. The van der Waals surface area contributed by atoms with Gasteiger partial charge in [-0.2, -0.15) is 0 Å². The van der Waals surface area contributed by atoms with Gasteiger partial charge in [-0.3, -0.25) is 9.89 Å². The van der Waals surface area contributed by atoms with Crippen molar-refractivity contribution in [2.75, 3.05) is 26.7 Å². The smallest absolute Gasteiger partial charge is 0.191 e. The van der Waals surface area contributed by atoms with Crippen molar-refractivity contribution in [1.82, 2.24) is 15.5 Å². The maximum atomic E-state index is 4.24. The van der Waals surface area contributed by atoms with Gasteiger partial charge in [-0.25, -0.2) is 0 Å². The van der Waals surface area contributed by atoms with Crippen molar-refractivity contribution in [3.8, 4) is 0 Å². The van der Waals surface area contributed by atoms with Crippen LogP contribution in [0.1, 0.15) is 20.8 Å². The predicted octanol–water partition coefficient (Wildman–Crippen LogP) is 2.41. The molecular formula is C13H26BrIN4. The number of likely N-dealkylation sites (tertiary alicyclic amines) is 1. The fourth-order valence-electron chi connectivity index (χ4n) is 2.16. The summed E-state index contributed by atoms with van der Waals surface area (Å²) in [6.45, 7) is 13.5. The number of guanidine groups is 1. The van der Waals surface area contributed by atoms with Crippen LogP contribution in [0.15, 0.2) is 16.1 Å². The number of halogens is 2. The molecule has 1 aliphatic rings. The van der Waals surface area contributed by atoms with Crippen LogP contribution in [0, 0.1) is 5.92 Å². The van der Waals surface area contributed by atoms with Crippen LogP contribution in [0.3, 0.4) is 0 Å². The zero-order valence-electron chi connectivity index (χ0n) is 12.2. The van der Waals surface area contributed by atoms with E-state index in [1.165, 1.54) is 0 Å². The number of hydrogen-bond donors (Lipinski definition) is 2. The molecule has 4 nitrogen and oxygen atoms in total. The highest BCUT2D eigenvalue weighted by atomic mass is 127. The van der Waals surface area contributed by atoms with Gasteiger partial charge in [0.1, 0.15) is 0 Å². The van der Waals surface area contributed by atoms with Gasteiger partial charge in [0.05, 0.1) is 0 Å². The van der Waals surface area contributed by atoms with Crippen molar-refractivity contribution in [3.05, 3.63) is 11.1 Å². The molecule has 1 aliphatic heterocycles. The topological polar surface area (TPSA) is 39.7 Å². The molecule has 0 saturated carbocycles. The van der Waals surface area contributed by atoms with Crippen LogP contribution in [0.4, 0.5) is 0 Å². The average molecular weight is 445 g/mol. The third-order valence-corrected chi connectivity index (χ3v) is 3.64. The van der Waals surface area contributed by atoms with Crippen LogP contribution < -0.4 is 10.6 Å². The minimum atomic E-state index is 0. The Morgan fingerprint density at radius 3 is 2.53 bits per heavy atom. The fourth-order valence-corrected chi connectivity index (χ4v) is 2.30. The molecule has 1 saturated heterocycles. The molecule has 1 rings (SSSR count). The van der Waals surface area contributed by atoms with E-state index < -0.39 is 0 Å². The van der Waals surface area contributed by atoms with Crippen molar-refractivity contribution in [1.29, 1.82) is 0 Å². The van der Waals surface area contributed by atoms with Crippen molar-refractivity contribution in [2.45, 2.75) is 32.9 Å². The Hall–Kier alpha value is 0.180. The highest BCUT2D eigenvalue weighted by Gasteiger charge is 2.31. The molecule has 1 fully saturated rings. The standard InChI is InChI=1S/C13H25BrN4.HI/c1-9(2)18-7-10(3)12(8-18)17-13(15-5)16-6-11(4)14;/h9-10,12H,4,6-8H2,1-3,5H3,(H2,15,16,17);1H. The fraction of sp³-hybridized carbons (Fsp3) is 0.769. The molecule has 2 unspecified atom stereocenters. The molecule has 6 heteroatoms. The van der Waals surface area contributed by atoms with Gasteiger partial charge in [0.25, 0.3) is 0 Å². The summed E-state index contributed by atoms with van der Waals surface area (Å²) in [5.74, 6) is 1.48. The van der Waals surface area contributed by atoms with Crippen molar-refractivity contribution in [2.24, 2.45) is 10.9 Å². The summed E-state index contributed by atoms with van der Waals surface area (Å²) in [6, 6.07) is 1.07. The van der Waals surface area contributed by atoms with E-state index in [-0.39, 0.29) is 24.0 Å². The van der Waals surface area contributed by atoms with Crippen LogP contribution in [-0.4, -0.2) is 49.6 Å². The van der Waals surface area contributed by atoms with E-state index in [0.29, 0.717) is 24.5 Å². The third kappa shape index (κ3) is 6.44. The first-order valence-corrected chi connectivity index (χ1v) is 7.27. The highest BCUT2D eigenvalue weighted by molar-refractivity contribution is 14.0. The van der Waals surface area contributed by atoms with Crippen molar-refractivity contribution < 1.29 is 0 Å². The number of nitrogens with zero attached hydrogens (tertiary/aromatic N) is 2. The maximum absolute atomic E-state index is 4.24. The zero-order chi connectivity index (χ0) is 13.7. The Balaban J connectivity index is 0.00000324. The van der Waals surface area contributed by atoms with Gasteiger partial charge in [0, 0.05) is 43.2 Å². The number of aliphatic imine (C=N–C) groups is 1. The van der Waals surface area contributed by atoms with Gasteiger partial charge < -0.3 is 10.6 Å². The van der Waals surface area contributed by atoms with Crippen LogP contribution in [0.5, 0.6) is 0 Å². The summed E-state index contributed by atoms with van der Waals surface area (Å²) < 4.78 is 0.925. The Morgan fingerprint density at radius 1 is 1.47 bits per heavy atom.